The Labute approximate surface area is 139 Å². The van der Waals surface area contributed by atoms with E-state index in [0.717, 1.165) is 24.0 Å². The average molecular weight is 319 g/mol. The molecule has 0 atom stereocenters. The van der Waals surface area contributed by atoms with Crippen molar-refractivity contribution in [3.05, 3.63) is 77.7 Å². The van der Waals surface area contributed by atoms with E-state index in [0.29, 0.717) is 11.8 Å². The number of amides is 1. The van der Waals surface area contributed by atoms with Crippen molar-refractivity contribution in [2.75, 3.05) is 5.32 Å². The average Bonchev–Trinajstić information content (AvgIpc) is 3.37. The number of carbonyl (C=O) groups excluding carboxylic acids is 1. The zero-order valence-electron chi connectivity index (χ0n) is 13.1. The lowest BCUT2D eigenvalue weighted by molar-refractivity contribution is -0.116. The zero-order valence-corrected chi connectivity index (χ0v) is 13.1. The lowest BCUT2D eigenvalue weighted by Crippen LogP contribution is -2.22. The van der Waals surface area contributed by atoms with Crippen molar-refractivity contribution in [3.63, 3.8) is 0 Å². The van der Waals surface area contributed by atoms with Gasteiger partial charge in [-0.3, -0.25) is 10.1 Å². The standard InChI is InChI=1S/C19H17N3O2/c23-17(20-19-22-21-18(24-19)15-11-12-15)16(13-7-3-1-4-8-13)14-9-5-2-6-10-14/h1-10,15-16H,11-12H2,(H,20,22,23). The number of aromatic nitrogens is 2. The van der Waals surface area contributed by atoms with Crippen molar-refractivity contribution in [3.8, 4) is 0 Å². The van der Waals surface area contributed by atoms with Crippen LogP contribution in [0.4, 0.5) is 6.01 Å². The molecular formula is C19H17N3O2. The third-order valence-electron chi connectivity index (χ3n) is 4.13. The van der Waals surface area contributed by atoms with Crippen LogP contribution in [0.2, 0.25) is 0 Å². The molecule has 120 valence electrons. The van der Waals surface area contributed by atoms with Crippen molar-refractivity contribution in [1.82, 2.24) is 10.2 Å². The van der Waals surface area contributed by atoms with Gasteiger partial charge in [-0.15, -0.1) is 5.10 Å². The first-order valence-electron chi connectivity index (χ1n) is 8.05. The second kappa shape index (κ2) is 6.28. The molecule has 5 nitrogen and oxygen atoms in total. The van der Waals surface area contributed by atoms with Crippen LogP contribution in [0.5, 0.6) is 0 Å². The van der Waals surface area contributed by atoms with E-state index in [-0.39, 0.29) is 11.9 Å². The Morgan fingerprint density at radius 3 is 2.08 bits per heavy atom. The number of carbonyl (C=O) groups is 1. The quantitative estimate of drug-likeness (QED) is 0.778. The molecule has 0 unspecified atom stereocenters. The van der Waals surface area contributed by atoms with Crippen LogP contribution in [0.3, 0.4) is 0 Å². The molecule has 1 saturated carbocycles. The number of nitrogens with zero attached hydrogens (tertiary/aromatic N) is 2. The van der Waals surface area contributed by atoms with E-state index in [1.54, 1.807) is 0 Å². The zero-order chi connectivity index (χ0) is 16.4. The topological polar surface area (TPSA) is 68.0 Å². The van der Waals surface area contributed by atoms with Crippen LogP contribution in [0.25, 0.3) is 0 Å². The van der Waals surface area contributed by atoms with Crippen LogP contribution in [-0.2, 0) is 4.79 Å². The lowest BCUT2D eigenvalue weighted by Gasteiger charge is -2.16. The fourth-order valence-electron chi connectivity index (χ4n) is 2.74. The first-order valence-corrected chi connectivity index (χ1v) is 8.05. The third kappa shape index (κ3) is 3.06. The van der Waals surface area contributed by atoms with E-state index in [1.165, 1.54) is 0 Å². The number of hydrogen-bond donors (Lipinski definition) is 1. The van der Waals surface area contributed by atoms with Crippen LogP contribution < -0.4 is 5.32 Å². The normalized spacial score (nSPS) is 13.9. The van der Waals surface area contributed by atoms with Crippen molar-refractivity contribution in [2.45, 2.75) is 24.7 Å². The van der Waals surface area contributed by atoms with E-state index in [9.17, 15) is 4.79 Å². The highest BCUT2D eigenvalue weighted by molar-refractivity contribution is 5.96. The maximum absolute atomic E-state index is 12.9. The number of benzene rings is 2. The molecule has 0 aliphatic heterocycles. The second-order valence-electron chi connectivity index (χ2n) is 5.96. The van der Waals surface area contributed by atoms with Gasteiger partial charge in [-0.05, 0) is 24.0 Å². The highest BCUT2D eigenvalue weighted by Crippen LogP contribution is 2.39. The molecule has 0 saturated heterocycles. The minimum atomic E-state index is -0.427. The largest absolute Gasteiger partial charge is 0.408 e. The number of anilines is 1. The molecule has 24 heavy (non-hydrogen) atoms. The number of nitrogens with one attached hydrogen (secondary N) is 1. The maximum atomic E-state index is 12.9. The summed E-state index contributed by atoms with van der Waals surface area (Å²) in [7, 11) is 0. The fourth-order valence-corrected chi connectivity index (χ4v) is 2.74. The van der Waals surface area contributed by atoms with Gasteiger partial charge in [0.15, 0.2) is 0 Å². The predicted octanol–water partition coefficient (Wildman–Crippen LogP) is 3.72. The highest BCUT2D eigenvalue weighted by Gasteiger charge is 2.30. The highest BCUT2D eigenvalue weighted by atomic mass is 16.4. The molecule has 0 spiro atoms. The van der Waals surface area contributed by atoms with Gasteiger partial charge >= 0.3 is 6.01 Å². The van der Waals surface area contributed by atoms with Crippen molar-refractivity contribution in [2.24, 2.45) is 0 Å². The molecule has 0 radical (unpaired) electrons. The van der Waals surface area contributed by atoms with E-state index < -0.39 is 5.92 Å². The van der Waals surface area contributed by atoms with Gasteiger partial charge in [0.05, 0.1) is 5.92 Å². The molecule has 1 fully saturated rings. The molecule has 0 bridgehead atoms. The lowest BCUT2D eigenvalue weighted by atomic mass is 9.90. The van der Waals surface area contributed by atoms with Gasteiger partial charge in [-0.2, -0.15) is 0 Å². The van der Waals surface area contributed by atoms with E-state index in [4.69, 9.17) is 4.42 Å². The molecule has 1 N–H and O–H groups in total. The monoisotopic (exact) mass is 319 g/mol. The molecule has 5 heteroatoms. The molecule has 4 rings (SSSR count). The van der Waals surface area contributed by atoms with E-state index >= 15 is 0 Å². The molecule has 1 amide bonds. The Bertz CT molecular complexity index is 787. The van der Waals surface area contributed by atoms with Crippen molar-refractivity contribution < 1.29 is 9.21 Å². The summed E-state index contributed by atoms with van der Waals surface area (Å²) in [5, 5.41) is 10.7. The summed E-state index contributed by atoms with van der Waals surface area (Å²) in [6.45, 7) is 0. The first kappa shape index (κ1) is 14.6. The van der Waals surface area contributed by atoms with Gasteiger partial charge in [0, 0.05) is 5.92 Å². The van der Waals surface area contributed by atoms with Crippen LogP contribution >= 0.6 is 0 Å². The van der Waals surface area contributed by atoms with Gasteiger partial charge in [0.1, 0.15) is 0 Å². The maximum Gasteiger partial charge on any atom is 0.322 e. The Balaban J connectivity index is 1.61. The Morgan fingerprint density at radius 1 is 0.958 bits per heavy atom. The minimum Gasteiger partial charge on any atom is -0.408 e. The van der Waals surface area contributed by atoms with E-state index in [1.807, 2.05) is 60.7 Å². The SMILES string of the molecule is O=C(Nc1nnc(C2CC2)o1)C(c1ccccc1)c1ccccc1. The molecule has 1 heterocycles. The van der Waals surface area contributed by atoms with Gasteiger partial charge in [-0.1, -0.05) is 65.8 Å². The molecular weight excluding hydrogens is 302 g/mol. The number of rotatable bonds is 5. The molecule has 1 aliphatic rings. The van der Waals surface area contributed by atoms with Crippen LogP contribution in [0.1, 0.15) is 41.7 Å². The summed E-state index contributed by atoms with van der Waals surface area (Å²) in [6.07, 6.45) is 2.15. The summed E-state index contributed by atoms with van der Waals surface area (Å²) >= 11 is 0. The predicted molar refractivity (Wildman–Crippen MR) is 89.6 cm³/mol. The van der Waals surface area contributed by atoms with Crippen LogP contribution in [0.15, 0.2) is 65.1 Å². The fraction of sp³-hybridized carbons (Fsp3) is 0.211. The number of hydrogen-bond acceptors (Lipinski definition) is 4. The molecule has 2 aromatic carbocycles. The summed E-state index contributed by atoms with van der Waals surface area (Å²) in [4.78, 5) is 12.9. The Hall–Kier alpha value is -2.95. The van der Waals surface area contributed by atoms with Crippen LogP contribution in [0, 0.1) is 0 Å². The Morgan fingerprint density at radius 2 is 1.54 bits per heavy atom. The smallest absolute Gasteiger partial charge is 0.322 e. The molecule has 1 aromatic heterocycles. The molecule has 3 aromatic rings. The van der Waals surface area contributed by atoms with Crippen LogP contribution in [-0.4, -0.2) is 16.1 Å². The second-order valence-corrected chi connectivity index (χ2v) is 5.96. The van der Waals surface area contributed by atoms with Crippen molar-refractivity contribution >= 4 is 11.9 Å². The Kier molecular flexibility index (Phi) is 3.83. The summed E-state index contributed by atoms with van der Waals surface area (Å²) in [5.74, 6) is 0.366. The van der Waals surface area contributed by atoms with Gasteiger partial charge in [-0.25, -0.2) is 0 Å². The summed E-state index contributed by atoms with van der Waals surface area (Å²) < 4.78 is 5.55. The summed E-state index contributed by atoms with van der Waals surface area (Å²) in [6, 6.07) is 19.5. The molecule has 1 aliphatic carbocycles. The minimum absolute atomic E-state index is 0.166. The van der Waals surface area contributed by atoms with E-state index in [2.05, 4.69) is 15.5 Å². The third-order valence-corrected chi connectivity index (χ3v) is 4.13. The first-order chi connectivity index (χ1) is 11.8. The van der Waals surface area contributed by atoms with Gasteiger partial charge in [0.25, 0.3) is 0 Å². The van der Waals surface area contributed by atoms with Crippen molar-refractivity contribution in [1.29, 1.82) is 0 Å². The van der Waals surface area contributed by atoms with Gasteiger partial charge < -0.3 is 4.42 Å². The van der Waals surface area contributed by atoms with Gasteiger partial charge in [0.2, 0.25) is 11.8 Å². The summed E-state index contributed by atoms with van der Waals surface area (Å²) in [5.41, 5.74) is 1.84.